The van der Waals surface area contributed by atoms with Crippen LogP contribution in [0.2, 0.25) is 0 Å². The Morgan fingerprint density at radius 2 is 1.39 bits per heavy atom. The number of benzene rings is 2. The van der Waals surface area contributed by atoms with Crippen molar-refractivity contribution in [3.05, 3.63) is 95.8 Å². The quantitative estimate of drug-likeness (QED) is 0.443. The fraction of sp³-hybridized carbons (Fsp3) is 0.357. The van der Waals surface area contributed by atoms with Crippen LogP contribution in [0.4, 0.5) is 0 Å². The van der Waals surface area contributed by atoms with E-state index in [1.54, 1.807) is 4.90 Å². The third kappa shape index (κ3) is 6.82. The van der Waals surface area contributed by atoms with Crippen LogP contribution in [-0.4, -0.2) is 38.8 Å². The second-order valence-corrected chi connectivity index (χ2v) is 9.06. The summed E-state index contributed by atoms with van der Waals surface area (Å²) in [5.74, 6) is -0.189. The van der Waals surface area contributed by atoms with Crippen molar-refractivity contribution in [1.82, 2.24) is 14.4 Å². The zero-order valence-corrected chi connectivity index (χ0v) is 20.1. The van der Waals surface area contributed by atoms with Gasteiger partial charge in [0.05, 0.1) is 6.54 Å². The summed E-state index contributed by atoms with van der Waals surface area (Å²) in [6, 6.07) is 24.4. The SMILES string of the molecule is CC(C)C(=O)N(CC(=O)N(Cc1ccccc1)Cc1cccn1Cc1ccccc1)C(C)C. The molecule has 0 bridgehead atoms. The first-order chi connectivity index (χ1) is 15.8. The average Bonchev–Trinajstić information content (AvgIpc) is 3.24. The molecule has 5 nitrogen and oxygen atoms in total. The highest BCUT2D eigenvalue weighted by atomic mass is 16.2. The van der Waals surface area contributed by atoms with E-state index < -0.39 is 0 Å². The van der Waals surface area contributed by atoms with E-state index in [4.69, 9.17) is 0 Å². The van der Waals surface area contributed by atoms with E-state index in [2.05, 4.69) is 29.0 Å². The molecule has 0 fully saturated rings. The van der Waals surface area contributed by atoms with Gasteiger partial charge in [0.15, 0.2) is 0 Å². The number of carbonyl (C=O) groups excluding carboxylic acids is 2. The normalized spacial score (nSPS) is 11.1. The molecule has 0 unspecified atom stereocenters. The van der Waals surface area contributed by atoms with Crippen LogP contribution in [0.3, 0.4) is 0 Å². The van der Waals surface area contributed by atoms with E-state index in [0.717, 1.165) is 17.8 Å². The van der Waals surface area contributed by atoms with Gasteiger partial charge in [-0.25, -0.2) is 0 Å². The molecule has 5 heteroatoms. The van der Waals surface area contributed by atoms with Gasteiger partial charge >= 0.3 is 0 Å². The fourth-order valence-corrected chi connectivity index (χ4v) is 3.85. The summed E-state index contributed by atoms with van der Waals surface area (Å²) in [7, 11) is 0. The maximum atomic E-state index is 13.5. The monoisotopic (exact) mass is 445 g/mol. The summed E-state index contributed by atoms with van der Waals surface area (Å²) in [5, 5.41) is 0. The van der Waals surface area contributed by atoms with Gasteiger partial charge in [-0.15, -0.1) is 0 Å². The van der Waals surface area contributed by atoms with Crippen LogP contribution in [0.5, 0.6) is 0 Å². The smallest absolute Gasteiger partial charge is 0.242 e. The van der Waals surface area contributed by atoms with Crippen molar-refractivity contribution in [1.29, 1.82) is 0 Å². The molecule has 174 valence electrons. The lowest BCUT2D eigenvalue weighted by Gasteiger charge is -2.31. The number of hydrogen-bond acceptors (Lipinski definition) is 2. The molecule has 3 aromatic rings. The van der Waals surface area contributed by atoms with Crippen molar-refractivity contribution < 1.29 is 9.59 Å². The van der Waals surface area contributed by atoms with Gasteiger partial charge in [-0.2, -0.15) is 0 Å². The van der Waals surface area contributed by atoms with E-state index in [9.17, 15) is 9.59 Å². The number of nitrogens with zero attached hydrogens (tertiary/aromatic N) is 3. The molecule has 0 aliphatic rings. The van der Waals surface area contributed by atoms with Crippen molar-refractivity contribution in [2.24, 2.45) is 5.92 Å². The third-order valence-electron chi connectivity index (χ3n) is 5.75. The molecule has 2 amide bonds. The Morgan fingerprint density at radius 1 is 0.788 bits per heavy atom. The molecular weight excluding hydrogens is 410 g/mol. The molecule has 0 aliphatic carbocycles. The highest BCUT2D eigenvalue weighted by molar-refractivity contribution is 5.85. The van der Waals surface area contributed by atoms with Crippen LogP contribution >= 0.6 is 0 Å². The molecule has 0 saturated carbocycles. The van der Waals surface area contributed by atoms with Crippen LogP contribution in [-0.2, 0) is 29.2 Å². The number of carbonyl (C=O) groups is 2. The third-order valence-corrected chi connectivity index (χ3v) is 5.75. The van der Waals surface area contributed by atoms with Gasteiger partial charge in [0.2, 0.25) is 11.8 Å². The number of aromatic nitrogens is 1. The molecular formula is C28H35N3O2. The molecule has 0 aliphatic heterocycles. The van der Waals surface area contributed by atoms with Gasteiger partial charge in [0.1, 0.15) is 6.54 Å². The van der Waals surface area contributed by atoms with Gasteiger partial charge in [-0.1, -0.05) is 74.5 Å². The fourth-order valence-electron chi connectivity index (χ4n) is 3.85. The Bertz CT molecular complexity index is 1030. The van der Waals surface area contributed by atoms with Crippen LogP contribution in [0.25, 0.3) is 0 Å². The minimum atomic E-state index is -0.147. The van der Waals surface area contributed by atoms with Crippen molar-refractivity contribution in [2.75, 3.05) is 6.54 Å². The van der Waals surface area contributed by atoms with Crippen LogP contribution in [0.1, 0.15) is 44.5 Å². The van der Waals surface area contributed by atoms with Crippen LogP contribution in [0.15, 0.2) is 79.0 Å². The van der Waals surface area contributed by atoms with E-state index in [-0.39, 0.29) is 30.3 Å². The molecule has 0 atom stereocenters. The minimum absolute atomic E-state index is 0.00506. The predicted octanol–water partition coefficient (Wildman–Crippen LogP) is 4.96. The van der Waals surface area contributed by atoms with Crippen molar-refractivity contribution in [3.63, 3.8) is 0 Å². The summed E-state index contributed by atoms with van der Waals surface area (Å²) in [4.78, 5) is 29.8. The van der Waals surface area contributed by atoms with E-state index in [1.807, 2.05) is 87.2 Å². The Hall–Kier alpha value is -3.34. The molecule has 0 saturated heterocycles. The Morgan fingerprint density at radius 3 is 1.97 bits per heavy atom. The van der Waals surface area contributed by atoms with Crippen molar-refractivity contribution >= 4 is 11.8 Å². The summed E-state index contributed by atoms with van der Waals surface area (Å²) in [6.45, 7) is 9.48. The summed E-state index contributed by atoms with van der Waals surface area (Å²) >= 11 is 0. The Labute approximate surface area is 197 Å². The summed E-state index contributed by atoms with van der Waals surface area (Å²) in [6.07, 6.45) is 2.05. The van der Waals surface area contributed by atoms with Crippen molar-refractivity contribution in [3.8, 4) is 0 Å². The van der Waals surface area contributed by atoms with E-state index in [1.165, 1.54) is 5.56 Å². The first-order valence-electron chi connectivity index (χ1n) is 11.6. The molecule has 3 rings (SSSR count). The molecule has 0 spiro atoms. The zero-order valence-electron chi connectivity index (χ0n) is 20.1. The molecule has 33 heavy (non-hydrogen) atoms. The van der Waals surface area contributed by atoms with Gasteiger partial charge in [-0.3, -0.25) is 9.59 Å². The molecule has 0 N–H and O–H groups in total. The lowest BCUT2D eigenvalue weighted by atomic mass is 10.1. The lowest BCUT2D eigenvalue weighted by Crippen LogP contribution is -2.47. The molecule has 1 heterocycles. The van der Waals surface area contributed by atoms with E-state index in [0.29, 0.717) is 13.1 Å². The standard InChI is InChI=1S/C28H35N3O2/c1-22(2)28(33)31(23(3)4)21-27(32)30(19-25-14-9-6-10-15-25)20-26-16-11-17-29(26)18-24-12-7-5-8-13-24/h5-17,22-23H,18-21H2,1-4H3. The summed E-state index contributed by atoms with van der Waals surface area (Å²) < 4.78 is 2.18. The van der Waals surface area contributed by atoms with Gasteiger partial charge in [0, 0.05) is 36.9 Å². The average molecular weight is 446 g/mol. The number of hydrogen-bond donors (Lipinski definition) is 0. The largest absolute Gasteiger partial charge is 0.345 e. The maximum absolute atomic E-state index is 13.5. The number of amides is 2. The second kappa shape index (κ2) is 11.5. The second-order valence-electron chi connectivity index (χ2n) is 9.06. The zero-order chi connectivity index (χ0) is 23.8. The molecule has 1 aromatic heterocycles. The number of rotatable bonds is 10. The van der Waals surface area contributed by atoms with Crippen LogP contribution in [0, 0.1) is 5.92 Å². The van der Waals surface area contributed by atoms with E-state index >= 15 is 0 Å². The van der Waals surface area contributed by atoms with Gasteiger partial charge in [-0.05, 0) is 37.1 Å². The summed E-state index contributed by atoms with van der Waals surface area (Å²) in [5.41, 5.74) is 3.34. The topological polar surface area (TPSA) is 45.6 Å². The van der Waals surface area contributed by atoms with Crippen LogP contribution < -0.4 is 0 Å². The lowest BCUT2D eigenvalue weighted by molar-refractivity contribution is -0.144. The maximum Gasteiger partial charge on any atom is 0.242 e. The first kappa shape index (κ1) is 24.3. The highest BCUT2D eigenvalue weighted by Crippen LogP contribution is 2.15. The highest BCUT2D eigenvalue weighted by Gasteiger charge is 2.25. The first-order valence-corrected chi connectivity index (χ1v) is 11.6. The predicted molar refractivity (Wildman–Crippen MR) is 132 cm³/mol. The Kier molecular flexibility index (Phi) is 8.47. The van der Waals surface area contributed by atoms with Gasteiger partial charge < -0.3 is 14.4 Å². The van der Waals surface area contributed by atoms with Gasteiger partial charge in [0.25, 0.3) is 0 Å². The molecule has 0 radical (unpaired) electrons. The minimum Gasteiger partial charge on any atom is -0.345 e. The Balaban J connectivity index is 1.82. The van der Waals surface area contributed by atoms with Crippen molar-refractivity contribution in [2.45, 2.75) is 53.4 Å². The molecule has 2 aromatic carbocycles.